The van der Waals surface area contributed by atoms with Gasteiger partial charge < -0.3 is 4.74 Å². The molecule has 29 heavy (non-hydrogen) atoms. The number of methoxy groups -OCH3 is 1. The molecule has 2 aliphatic heterocycles. The molecule has 1 spiro atoms. The predicted molar refractivity (Wildman–Crippen MR) is 114 cm³/mol. The molecule has 1 atom stereocenters. The lowest BCUT2D eigenvalue weighted by Gasteiger charge is -2.22. The van der Waals surface area contributed by atoms with Crippen molar-refractivity contribution in [1.82, 2.24) is 19.7 Å². The van der Waals surface area contributed by atoms with E-state index in [2.05, 4.69) is 34.2 Å². The maximum Gasteiger partial charge on any atom is 0.280 e. The van der Waals surface area contributed by atoms with E-state index in [4.69, 9.17) is 4.74 Å². The van der Waals surface area contributed by atoms with Crippen molar-refractivity contribution in [1.29, 1.82) is 0 Å². The number of nitrogens with zero attached hydrogens (tertiary/aromatic N) is 4. The first kappa shape index (κ1) is 18.5. The number of rotatable bonds is 4. The van der Waals surface area contributed by atoms with Crippen molar-refractivity contribution in [3.8, 4) is 17.0 Å². The fraction of sp³-hybridized carbons (Fsp3) is 0.409. The molecule has 150 valence electrons. The summed E-state index contributed by atoms with van der Waals surface area (Å²) < 4.78 is 7.06. The summed E-state index contributed by atoms with van der Waals surface area (Å²) in [6.07, 6.45) is 2.00. The minimum atomic E-state index is -0.0447. The topological polar surface area (TPSA) is 60.3 Å². The molecule has 2 aromatic heterocycles. The van der Waals surface area contributed by atoms with Crippen LogP contribution >= 0.6 is 11.3 Å². The van der Waals surface area contributed by atoms with Crippen LogP contribution in [0.15, 0.2) is 41.2 Å². The van der Waals surface area contributed by atoms with E-state index in [0.29, 0.717) is 5.69 Å². The number of hydrogen-bond donors (Lipinski definition) is 0. The maximum atomic E-state index is 13.1. The summed E-state index contributed by atoms with van der Waals surface area (Å²) in [5.74, 6) is 1.62. The predicted octanol–water partition coefficient (Wildman–Crippen LogP) is 3.23. The summed E-state index contributed by atoms with van der Waals surface area (Å²) in [6.45, 7) is 5.82. The van der Waals surface area contributed by atoms with Crippen LogP contribution in [0.4, 0.5) is 0 Å². The fourth-order valence-electron chi connectivity index (χ4n) is 4.66. The molecule has 0 amide bonds. The van der Waals surface area contributed by atoms with Gasteiger partial charge in [-0.25, -0.2) is 0 Å². The van der Waals surface area contributed by atoms with Gasteiger partial charge in [0.15, 0.2) is 5.69 Å². The van der Waals surface area contributed by atoms with E-state index in [9.17, 15) is 4.79 Å². The second-order valence-corrected chi connectivity index (χ2v) is 9.43. The van der Waals surface area contributed by atoms with E-state index >= 15 is 0 Å². The quantitative estimate of drug-likeness (QED) is 0.663. The number of hydrogen-bond acceptors (Lipinski definition) is 6. The molecule has 0 bridgehead atoms. The Balaban J connectivity index is 1.41. The lowest BCUT2D eigenvalue weighted by atomic mass is 9.85. The lowest BCUT2D eigenvalue weighted by Crippen LogP contribution is -2.33. The van der Waals surface area contributed by atoms with Crippen LogP contribution in [0.5, 0.6) is 5.75 Å². The Hall–Kier alpha value is -2.51. The fourth-order valence-corrected chi connectivity index (χ4v) is 5.59. The van der Waals surface area contributed by atoms with E-state index in [1.807, 2.05) is 40.2 Å². The van der Waals surface area contributed by atoms with Crippen molar-refractivity contribution in [2.75, 3.05) is 20.2 Å². The van der Waals surface area contributed by atoms with Gasteiger partial charge in [-0.1, -0.05) is 0 Å². The van der Waals surface area contributed by atoms with Gasteiger partial charge in [0.25, 0.3) is 5.56 Å². The standard InChI is InChI=1S/C22H24N4O2S/c1-15-3-8-18(29-15)13-25-11-9-22(14-25)10-12-26-20(27)19(23-24-21(22)26)16-4-6-17(28-2)7-5-16/h3-8H,9-14H2,1-2H3/t22-/m1/s1. The van der Waals surface area contributed by atoms with Gasteiger partial charge in [-0.2, -0.15) is 0 Å². The highest BCUT2D eigenvalue weighted by atomic mass is 32.1. The van der Waals surface area contributed by atoms with Crippen LogP contribution in [0, 0.1) is 6.92 Å². The van der Waals surface area contributed by atoms with Crippen LogP contribution in [0.1, 0.15) is 28.4 Å². The molecule has 4 heterocycles. The van der Waals surface area contributed by atoms with Crippen molar-refractivity contribution in [2.45, 2.75) is 38.3 Å². The monoisotopic (exact) mass is 408 g/mol. The zero-order valence-corrected chi connectivity index (χ0v) is 17.5. The molecule has 0 saturated carbocycles. The van der Waals surface area contributed by atoms with Gasteiger partial charge in [0, 0.05) is 40.4 Å². The minimum absolute atomic E-state index is 0.0376. The highest BCUT2D eigenvalue weighted by molar-refractivity contribution is 7.11. The molecule has 1 saturated heterocycles. The van der Waals surface area contributed by atoms with E-state index in [0.717, 1.165) is 56.2 Å². The summed E-state index contributed by atoms with van der Waals surface area (Å²) >= 11 is 1.86. The third-order valence-electron chi connectivity index (χ3n) is 6.21. The van der Waals surface area contributed by atoms with Crippen molar-refractivity contribution in [3.63, 3.8) is 0 Å². The third-order valence-corrected chi connectivity index (χ3v) is 7.19. The number of benzene rings is 1. The highest BCUT2D eigenvalue weighted by Gasteiger charge is 2.46. The summed E-state index contributed by atoms with van der Waals surface area (Å²) in [6, 6.07) is 11.8. The van der Waals surface area contributed by atoms with Crippen molar-refractivity contribution in [2.24, 2.45) is 0 Å². The van der Waals surface area contributed by atoms with Crippen LogP contribution in [-0.2, 0) is 18.5 Å². The Morgan fingerprint density at radius 2 is 1.90 bits per heavy atom. The molecular weight excluding hydrogens is 384 g/mol. The molecule has 0 aliphatic carbocycles. The Labute approximate surface area is 173 Å². The van der Waals surface area contributed by atoms with Gasteiger partial charge in [-0.15, -0.1) is 21.5 Å². The van der Waals surface area contributed by atoms with E-state index in [-0.39, 0.29) is 11.0 Å². The molecule has 2 aliphatic rings. The maximum absolute atomic E-state index is 13.1. The summed E-state index contributed by atoms with van der Waals surface area (Å²) in [5.41, 5.74) is 1.11. The first-order valence-electron chi connectivity index (χ1n) is 9.98. The molecular formula is C22H24N4O2S. The average Bonchev–Trinajstić information content (AvgIpc) is 3.43. The normalized spacial score (nSPS) is 21.0. The molecule has 0 unspecified atom stereocenters. The Bertz CT molecular complexity index is 1100. The Kier molecular flexibility index (Phi) is 4.52. The number of thiophene rings is 1. The minimum Gasteiger partial charge on any atom is -0.497 e. The average molecular weight is 409 g/mol. The van der Waals surface area contributed by atoms with Crippen LogP contribution in [-0.4, -0.2) is 39.9 Å². The van der Waals surface area contributed by atoms with Gasteiger partial charge >= 0.3 is 0 Å². The zero-order valence-electron chi connectivity index (χ0n) is 16.7. The molecule has 5 rings (SSSR count). The van der Waals surface area contributed by atoms with Gasteiger partial charge in [-0.05, 0) is 62.7 Å². The van der Waals surface area contributed by atoms with E-state index in [1.165, 1.54) is 9.75 Å². The van der Waals surface area contributed by atoms with Crippen molar-refractivity contribution < 1.29 is 4.74 Å². The molecule has 7 heteroatoms. The van der Waals surface area contributed by atoms with E-state index in [1.54, 1.807) is 7.11 Å². The molecule has 0 N–H and O–H groups in total. The Morgan fingerprint density at radius 1 is 1.10 bits per heavy atom. The van der Waals surface area contributed by atoms with Gasteiger partial charge in [0.1, 0.15) is 11.6 Å². The second kappa shape index (κ2) is 7.07. The summed E-state index contributed by atoms with van der Waals surface area (Å²) in [4.78, 5) is 18.4. The Morgan fingerprint density at radius 3 is 2.62 bits per heavy atom. The van der Waals surface area contributed by atoms with Crippen LogP contribution < -0.4 is 10.3 Å². The number of fused-ring (bicyclic) bond motifs is 2. The molecule has 0 radical (unpaired) electrons. The third kappa shape index (κ3) is 3.18. The van der Waals surface area contributed by atoms with Crippen LogP contribution in [0.3, 0.4) is 0 Å². The number of aromatic nitrogens is 3. The van der Waals surface area contributed by atoms with E-state index < -0.39 is 0 Å². The SMILES string of the molecule is COc1ccc(-c2nnc3n(c2=O)CC[C@@]32CCN(Cc3ccc(C)s3)C2)cc1. The van der Waals surface area contributed by atoms with Gasteiger partial charge in [0.05, 0.1) is 7.11 Å². The van der Waals surface area contributed by atoms with Crippen molar-refractivity contribution >= 4 is 11.3 Å². The second-order valence-electron chi connectivity index (χ2n) is 8.06. The lowest BCUT2D eigenvalue weighted by molar-refractivity contribution is 0.301. The molecule has 6 nitrogen and oxygen atoms in total. The largest absolute Gasteiger partial charge is 0.497 e. The number of aryl methyl sites for hydroxylation is 1. The van der Waals surface area contributed by atoms with Crippen molar-refractivity contribution in [3.05, 3.63) is 62.3 Å². The zero-order chi connectivity index (χ0) is 20.0. The van der Waals surface area contributed by atoms with Crippen LogP contribution in [0.2, 0.25) is 0 Å². The number of ether oxygens (including phenoxy) is 1. The highest BCUT2D eigenvalue weighted by Crippen LogP contribution is 2.41. The van der Waals surface area contributed by atoms with Crippen LogP contribution in [0.25, 0.3) is 11.3 Å². The smallest absolute Gasteiger partial charge is 0.280 e. The molecule has 1 aromatic carbocycles. The summed E-state index contributed by atoms with van der Waals surface area (Å²) in [7, 11) is 1.63. The summed E-state index contributed by atoms with van der Waals surface area (Å²) in [5, 5.41) is 8.94. The first-order valence-corrected chi connectivity index (χ1v) is 10.8. The van der Waals surface area contributed by atoms with Gasteiger partial charge in [0.2, 0.25) is 0 Å². The molecule has 3 aromatic rings. The van der Waals surface area contributed by atoms with Gasteiger partial charge in [-0.3, -0.25) is 14.3 Å². The molecule has 1 fully saturated rings. The number of likely N-dealkylation sites (tertiary alicyclic amines) is 1. The first-order chi connectivity index (χ1) is 14.1.